The lowest BCUT2D eigenvalue weighted by Gasteiger charge is -2.21. The molecule has 0 unspecified atom stereocenters. The van der Waals surface area contributed by atoms with Crippen molar-refractivity contribution >= 4 is 5.91 Å². The zero-order chi connectivity index (χ0) is 15.3. The second kappa shape index (κ2) is 10.8. The van der Waals surface area contributed by atoms with E-state index in [2.05, 4.69) is 11.1 Å². The third-order valence-corrected chi connectivity index (χ3v) is 3.29. The highest BCUT2D eigenvalue weighted by atomic mass is 16.2. The van der Waals surface area contributed by atoms with Gasteiger partial charge in [-0.2, -0.15) is 5.26 Å². The summed E-state index contributed by atoms with van der Waals surface area (Å²) >= 11 is 0. The van der Waals surface area contributed by atoms with E-state index in [9.17, 15) is 4.79 Å². The molecule has 0 aliphatic carbocycles. The molecule has 0 saturated carbocycles. The minimum Gasteiger partial charge on any atom is -0.337 e. The maximum atomic E-state index is 12.3. The van der Waals surface area contributed by atoms with Crippen molar-refractivity contribution < 1.29 is 4.79 Å². The van der Waals surface area contributed by atoms with Crippen LogP contribution in [0.3, 0.4) is 0 Å². The van der Waals surface area contributed by atoms with Gasteiger partial charge in [0.05, 0.1) is 12.5 Å². The van der Waals surface area contributed by atoms with Crippen molar-refractivity contribution in [2.75, 3.05) is 13.1 Å². The molecule has 0 saturated heterocycles. The molecular formula is C16H24N4O. The molecule has 0 atom stereocenters. The molecule has 5 heteroatoms. The van der Waals surface area contributed by atoms with Gasteiger partial charge in [0.2, 0.25) is 5.91 Å². The number of carbonyl (C=O) groups is 1. The monoisotopic (exact) mass is 288 g/mol. The molecule has 0 aromatic carbocycles. The Labute approximate surface area is 126 Å². The maximum Gasteiger partial charge on any atom is 0.222 e. The smallest absolute Gasteiger partial charge is 0.222 e. The Morgan fingerprint density at radius 2 is 2.14 bits per heavy atom. The first-order chi connectivity index (χ1) is 10.3. The fraction of sp³-hybridized carbons (Fsp3) is 0.562. The Bertz CT molecular complexity index is 441. The first-order valence-corrected chi connectivity index (χ1v) is 7.51. The fourth-order valence-corrected chi connectivity index (χ4v) is 2.12. The van der Waals surface area contributed by atoms with Crippen LogP contribution < -0.4 is 5.73 Å². The number of amides is 1. The van der Waals surface area contributed by atoms with Crippen LogP contribution >= 0.6 is 0 Å². The Morgan fingerprint density at radius 3 is 2.81 bits per heavy atom. The topological polar surface area (TPSA) is 83.0 Å². The van der Waals surface area contributed by atoms with Crippen LogP contribution in [0.4, 0.5) is 0 Å². The van der Waals surface area contributed by atoms with Gasteiger partial charge in [0.15, 0.2) is 0 Å². The minimum absolute atomic E-state index is 0.113. The molecule has 0 aliphatic heterocycles. The lowest BCUT2D eigenvalue weighted by atomic mass is 10.1. The van der Waals surface area contributed by atoms with Gasteiger partial charge in [0, 0.05) is 31.9 Å². The van der Waals surface area contributed by atoms with Crippen molar-refractivity contribution in [3.63, 3.8) is 0 Å². The predicted molar refractivity (Wildman–Crippen MR) is 82.0 cm³/mol. The van der Waals surface area contributed by atoms with Crippen molar-refractivity contribution in [1.82, 2.24) is 9.88 Å². The third-order valence-electron chi connectivity index (χ3n) is 3.29. The number of aromatic nitrogens is 1. The van der Waals surface area contributed by atoms with Crippen molar-refractivity contribution in [3.8, 4) is 6.07 Å². The number of unbranched alkanes of at least 4 members (excludes halogenated alkanes) is 3. The number of hydrogen-bond acceptors (Lipinski definition) is 4. The normalized spacial score (nSPS) is 10.1. The van der Waals surface area contributed by atoms with E-state index in [1.807, 2.05) is 12.1 Å². The van der Waals surface area contributed by atoms with Gasteiger partial charge in [-0.25, -0.2) is 0 Å². The van der Waals surface area contributed by atoms with Crippen LogP contribution in [0.5, 0.6) is 0 Å². The molecule has 1 aromatic rings. The second-order valence-corrected chi connectivity index (χ2v) is 5.04. The summed E-state index contributed by atoms with van der Waals surface area (Å²) in [4.78, 5) is 18.1. The van der Waals surface area contributed by atoms with E-state index in [1.54, 1.807) is 17.3 Å². The molecule has 1 aromatic heterocycles. The van der Waals surface area contributed by atoms with Gasteiger partial charge in [-0.15, -0.1) is 0 Å². The Morgan fingerprint density at radius 1 is 1.33 bits per heavy atom. The first kappa shape index (κ1) is 17.1. The summed E-state index contributed by atoms with van der Waals surface area (Å²) in [5.41, 5.74) is 6.44. The average Bonchev–Trinajstić information content (AvgIpc) is 2.52. The minimum atomic E-state index is 0.113. The van der Waals surface area contributed by atoms with Crippen LogP contribution in [-0.2, 0) is 11.3 Å². The molecule has 0 fully saturated rings. The van der Waals surface area contributed by atoms with Crippen LogP contribution in [0, 0.1) is 11.3 Å². The number of nitrogens with two attached hydrogens (primary N) is 1. The lowest BCUT2D eigenvalue weighted by molar-refractivity contribution is -0.131. The van der Waals surface area contributed by atoms with Gasteiger partial charge in [0.25, 0.3) is 0 Å². The molecule has 0 radical (unpaired) electrons. The van der Waals surface area contributed by atoms with Crippen LogP contribution in [0.25, 0.3) is 0 Å². The van der Waals surface area contributed by atoms with E-state index in [1.165, 1.54) is 0 Å². The molecular weight excluding hydrogens is 264 g/mol. The Kier molecular flexibility index (Phi) is 8.81. The largest absolute Gasteiger partial charge is 0.337 e. The standard InChI is InChI=1S/C16H24N4O/c17-9-4-2-1-3-8-16(21)20(12-6-10-18)14-15-7-5-11-19-13-15/h5,7,11,13H,1-4,6,8-9,12,14,17H2. The quantitative estimate of drug-likeness (QED) is 0.669. The number of hydrogen-bond donors (Lipinski definition) is 1. The molecule has 1 rings (SSSR count). The van der Waals surface area contributed by atoms with Gasteiger partial charge < -0.3 is 10.6 Å². The van der Waals surface area contributed by atoms with Gasteiger partial charge in [-0.3, -0.25) is 9.78 Å². The lowest BCUT2D eigenvalue weighted by Crippen LogP contribution is -2.31. The third kappa shape index (κ3) is 7.42. The summed E-state index contributed by atoms with van der Waals surface area (Å²) in [6, 6.07) is 5.90. The highest BCUT2D eigenvalue weighted by molar-refractivity contribution is 5.76. The van der Waals surface area contributed by atoms with E-state index in [0.29, 0.717) is 32.5 Å². The van der Waals surface area contributed by atoms with Gasteiger partial charge in [0.1, 0.15) is 0 Å². The Balaban J connectivity index is 2.44. The summed E-state index contributed by atoms with van der Waals surface area (Å²) in [5, 5.41) is 8.72. The summed E-state index contributed by atoms with van der Waals surface area (Å²) in [5.74, 6) is 0.113. The SMILES string of the molecule is N#CCCN(Cc1cccnc1)C(=O)CCCCCCN. The number of pyridine rings is 1. The molecule has 5 nitrogen and oxygen atoms in total. The predicted octanol–water partition coefficient (Wildman–Crippen LogP) is 2.23. The summed E-state index contributed by atoms with van der Waals surface area (Å²) in [7, 11) is 0. The van der Waals surface area contributed by atoms with E-state index in [4.69, 9.17) is 11.0 Å². The molecule has 114 valence electrons. The van der Waals surface area contributed by atoms with Crippen LogP contribution in [-0.4, -0.2) is 28.9 Å². The second-order valence-electron chi connectivity index (χ2n) is 5.04. The molecule has 0 bridgehead atoms. The summed E-state index contributed by atoms with van der Waals surface area (Å²) in [6.45, 7) is 1.72. The van der Waals surface area contributed by atoms with Gasteiger partial charge in [-0.05, 0) is 31.0 Å². The van der Waals surface area contributed by atoms with Crippen molar-refractivity contribution in [2.24, 2.45) is 5.73 Å². The van der Waals surface area contributed by atoms with E-state index >= 15 is 0 Å². The number of rotatable bonds is 10. The van der Waals surface area contributed by atoms with Crippen molar-refractivity contribution in [3.05, 3.63) is 30.1 Å². The first-order valence-electron chi connectivity index (χ1n) is 7.51. The zero-order valence-electron chi connectivity index (χ0n) is 12.5. The summed E-state index contributed by atoms with van der Waals surface area (Å²) < 4.78 is 0. The van der Waals surface area contributed by atoms with Crippen molar-refractivity contribution in [2.45, 2.75) is 45.1 Å². The molecule has 0 aliphatic rings. The number of carbonyl (C=O) groups excluding carboxylic acids is 1. The van der Waals surface area contributed by atoms with Gasteiger partial charge in [-0.1, -0.05) is 18.9 Å². The molecule has 21 heavy (non-hydrogen) atoms. The van der Waals surface area contributed by atoms with E-state index in [0.717, 1.165) is 31.2 Å². The van der Waals surface area contributed by atoms with Crippen LogP contribution in [0.15, 0.2) is 24.5 Å². The highest BCUT2D eigenvalue weighted by Crippen LogP contribution is 2.09. The zero-order valence-corrected chi connectivity index (χ0v) is 12.5. The fourth-order valence-electron chi connectivity index (χ4n) is 2.12. The van der Waals surface area contributed by atoms with E-state index in [-0.39, 0.29) is 5.91 Å². The van der Waals surface area contributed by atoms with Gasteiger partial charge >= 0.3 is 0 Å². The number of nitrogens with zero attached hydrogens (tertiary/aromatic N) is 3. The molecule has 1 amide bonds. The molecule has 2 N–H and O–H groups in total. The summed E-state index contributed by atoms with van der Waals surface area (Å²) in [6.07, 6.45) is 8.37. The van der Waals surface area contributed by atoms with Crippen molar-refractivity contribution in [1.29, 1.82) is 5.26 Å². The number of nitriles is 1. The molecule has 0 spiro atoms. The van der Waals surface area contributed by atoms with Crippen LogP contribution in [0.1, 0.15) is 44.1 Å². The highest BCUT2D eigenvalue weighted by Gasteiger charge is 2.13. The maximum absolute atomic E-state index is 12.3. The average molecular weight is 288 g/mol. The molecule has 1 heterocycles. The Hall–Kier alpha value is -1.93. The van der Waals surface area contributed by atoms with Crippen LogP contribution in [0.2, 0.25) is 0 Å². The van der Waals surface area contributed by atoms with E-state index < -0.39 is 0 Å².